The van der Waals surface area contributed by atoms with E-state index >= 15 is 0 Å². The van der Waals surface area contributed by atoms with Crippen molar-refractivity contribution in [3.8, 4) is 0 Å². The zero-order valence-electron chi connectivity index (χ0n) is 7.69. The standard InChI is InChI=1S/C8H12N4OS/c9-7(13)4-12-2-1-5-6(3-12)14-8(10)11-5/h1-4H2,(H2,9,13)(H2,10,11). The van der Waals surface area contributed by atoms with Crippen LogP contribution in [0.1, 0.15) is 10.6 Å². The van der Waals surface area contributed by atoms with E-state index in [0.717, 1.165) is 30.1 Å². The van der Waals surface area contributed by atoms with Gasteiger partial charge in [0.25, 0.3) is 0 Å². The van der Waals surface area contributed by atoms with E-state index in [0.29, 0.717) is 11.7 Å². The Morgan fingerprint density at radius 2 is 2.43 bits per heavy atom. The summed E-state index contributed by atoms with van der Waals surface area (Å²) in [4.78, 5) is 18.1. The van der Waals surface area contributed by atoms with Crippen molar-refractivity contribution in [2.75, 3.05) is 18.8 Å². The van der Waals surface area contributed by atoms with E-state index < -0.39 is 0 Å². The van der Waals surface area contributed by atoms with Crippen LogP contribution in [0.3, 0.4) is 0 Å². The Morgan fingerprint density at radius 3 is 3.14 bits per heavy atom. The normalized spacial score (nSPS) is 16.6. The summed E-state index contributed by atoms with van der Waals surface area (Å²) in [5.41, 5.74) is 11.8. The van der Waals surface area contributed by atoms with Gasteiger partial charge in [0.15, 0.2) is 5.13 Å². The van der Waals surface area contributed by atoms with Crippen molar-refractivity contribution in [3.05, 3.63) is 10.6 Å². The van der Waals surface area contributed by atoms with Crippen LogP contribution in [0.15, 0.2) is 0 Å². The fourth-order valence-electron chi connectivity index (χ4n) is 1.62. The molecule has 76 valence electrons. The number of nitrogen functional groups attached to an aromatic ring is 1. The third kappa shape index (κ3) is 1.85. The minimum atomic E-state index is -0.286. The van der Waals surface area contributed by atoms with Crippen LogP contribution in [0.2, 0.25) is 0 Å². The molecule has 1 aliphatic heterocycles. The number of hydrogen-bond acceptors (Lipinski definition) is 5. The van der Waals surface area contributed by atoms with Crippen LogP contribution in [0.4, 0.5) is 5.13 Å². The molecular weight excluding hydrogens is 200 g/mol. The first-order chi connectivity index (χ1) is 6.65. The summed E-state index contributed by atoms with van der Waals surface area (Å²) in [6, 6.07) is 0. The number of aromatic nitrogens is 1. The topological polar surface area (TPSA) is 85.2 Å². The molecule has 2 heterocycles. The van der Waals surface area contributed by atoms with E-state index in [-0.39, 0.29) is 5.91 Å². The second kappa shape index (κ2) is 3.55. The van der Waals surface area contributed by atoms with Gasteiger partial charge in [0.1, 0.15) is 0 Å². The van der Waals surface area contributed by atoms with Crippen molar-refractivity contribution in [3.63, 3.8) is 0 Å². The molecule has 5 nitrogen and oxygen atoms in total. The third-order valence-corrected chi connectivity index (χ3v) is 3.12. The van der Waals surface area contributed by atoms with E-state index in [1.165, 1.54) is 11.3 Å². The summed E-state index contributed by atoms with van der Waals surface area (Å²) in [6.07, 6.45) is 0.857. The van der Waals surface area contributed by atoms with Gasteiger partial charge in [-0.05, 0) is 0 Å². The number of rotatable bonds is 2. The highest BCUT2D eigenvalue weighted by molar-refractivity contribution is 7.15. The molecule has 1 aliphatic rings. The van der Waals surface area contributed by atoms with Crippen LogP contribution in [0.5, 0.6) is 0 Å². The molecule has 1 aromatic heterocycles. The number of amides is 1. The second-order valence-corrected chi connectivity index (χ2v) is 4.46. The van der Waals surface area contributed by atoms with E-state index in [1.807, 2.05) is 4.90 Å². The number of carbonyl (C=O) groups excluding carboxylic acids is 1. The lowest BCUT2D eigenvalue weighted by molar-refractivity contribution is -0.119. The first-order valence-electron chi connectivity index (χ1n) is 4.40. The predicted octanol–water partition coefficient (Wildman–Crippen LogP) is -0.431. The molecule has 1 amide bonds. The Morgan fingerprint density at radius 1 is 1.64 bits per heavy atom. The van der Waals surface area contributed by atoms with Crippen molar-refractivity contribution in [2.45, 2.75) is 13.0 Å². The summed E-state index contributed by atoms with van der Waals surface area (Å²) in [6.45, 7) is 1.89. The van der Waals surface area contributed by atoms with Crippen molar-refractivity contribution in [1.82, 2.24) is 9.88 Å². The fourth-order valence-corrected chi connectivity index (χ4v) is 2.54. The van der Waals surface area contributed by atoms with Gasteiger partial charge in [-0.1, -0.05) is 0 Å². The Bertz CT molecular complexity index is 362. The molecule has 1 aromatic rings. The molecule has 6 heteroatoms. The van der Waals surface area contributed by atoms with Gasteiger partial charge in [0.2, 0.25) is 5.91 Å². The van der Waals surface area contributed by atoms with Gasteiger partial charge in [0, 0.05) is 24.4 Å². The van der Waals surface area contributed by atoms with Crippen LogP contribution < -0.4 is 11.5 Å². The van der Waals surface area contributed by atoms with Crippen LogP contribution in [-0.2, 0) is 17.8 Å². The number of nitrogens with zero attached hydrogens (tertiary/aromatic N) is 2. The molecule has 0 saturated heterocycles. The van der Waals surface area contributed by atoms with E-state index in [2.05, 4.69) is 4.98 Å². The fraction of sp³-hybridized carbons (Fsp3) is 0.500. The van der Waals surface area contributed by atoms with E-state index in [4.69, 9.17) is 11.5 Å². The first kappa shape index (κ1) is 9.42. The van der Waals surface area contributed by atoms with Gasteiger partial charge in [-0.15, -0.1) is 11.3 Å². The maximum atomic E-state index is 10.7. The smallest absolute Gasteiger partial charge is 0.231 e. The molecule has 14 heavy (non-hydrogen) atoms. The van der Waals surface area contributed by atoms with Gasteiger partial charge < -0.3 is 11.5 Å². The highest BCUT2D eigenvalue weighted by atomic mass is 32.1. The average molecular weight is 212 g/mol. The molecule has 0 unspecified atom stereocenters. The lowest BCUT2D eigenvalue weighted by Crippen LogP contribution is -2.37. The number of anilines is 1. The maximum Gasteiger partial charge on any atom is 0.231 e. The Labute approximate surface area is 85.7 Å². The molecular formula is C8H12N4OS. The lowest BCUT2D eigenvalue weighted by Gasteiger charge is -2.24. The van der Waals surface area contributed by atoms with Crippen LogP contribution in [0, 0.1) is 0 Å². The lowest BCUT2D eigenvalue weighted by atomic mass is 10.2. The van der Waals surface area contributed by atoms with Crippen LogP contribution in [-0.4, -0.2) is 28.9 Å². The SMILES string of the molecule is NC(=O)CN1CCc2nc(N)sc2C1. The van der Waals surface area contributed by atoms with Gasteiger partial charge >= 0.3 is 0 Å². The summed E-state index contributed by atoms with van der Waals surface area (Å²) in [5.74, 6) is -0.286. The summed E-state index contributed by atoms with van der Waals surface area (Å²) in [5, 5.41) is 0.607. The van der Waals surface area contributed by atoms with Crippen molar-refractivity contribution < 1.29 is 4.79 Å². The van der Waals surface area contributed by atoms with Crippen molar-refractivity contribution in [1.29, 1.82) is 0 Å². The number of primary amides is 1. The predicted molar refractivity (Wildman–Crippen MR) is 54.7 cm³/mol. The monoisotopic (exact) mass is 212 g/mol. The average Bonchev–Trinajstić information content (AvgIpc) is 2.42. The summed E-state index contributed by atoms with van der Waals surface area (Å²) in [7, 11) is 0. The van der Waals surface area contributed by atoms with Gasteiger partial charge in [-0.2, -0.15) is 0 Å². The molecule has 0 aromatic carbocycles. The number of thiazole rings is 1. The van der Waals surface area contributed by atoms with Crippen LogP contribution in [0.25, 0.3) is 0 Å². The maximum absolute atomic E-state index is 10.7. The quantitative estimate of drug-likeness (QED) is 0.696. The minimum absolute atomic E-state index is 0.286. The van der Waals surface area contributed by atoms with Crippen molar-refractivity contribution in [2.24, 2.45) is 5.73 Å². The molecule has 0 saturated carbocycles. The number of hydrogen-bond donors (Lipinski definition) is 2. The van der Waals surface area contributed by atoms with Gasteiger partial charge in [0.05, 0.1) is 12.2 Å². The number of fused-ring (bicyclic) bond motifs is 1. The zero-order chi connectivity index (χ0) is 10.1. The molecule has 2 rings (SSSR count). The summed E-state index contributed by atoms with van der Waals surface area (Å²) >= 11 is 1.49. The Hall–Kier alpha value is -1.14. The summed E-state index contributed by atoms with van der Waals surface area (Å²) < 4.78 is 0. The molecule has 0 bridgehead atoms. The molecule has 0 aliphatic carbocycles. The molecule has 0 spiro atoms. The van der Waals surface area contributed by atoms with Crippen LogP contribution >= 0.6 is 11.3 Å². The molecule has 0 atom stereocenters. The zero-order valence-corrected chi connectivity index (χ0v) is 8.51. The highest BCUT2D eigenvalue weighted by Gasteiger charge is 2.20. The third-order valence-electron chi connectivity index (χ3n) is 2.21. The largest absolute Gasteiger partial charge is 0.375 e. The number of nitrogens with two attached hydrogens (primary N) is 2. The molecule has 0 fully saturated rings. The van der Waals surface area contributed by atoms with E-state index in [9.17, 15) is 4.79 Å². The number of carbonyl (C=O) groups is 1. The minimum Gasteiger partial charge on any atom is -0.375 e. The second-order valence-electron chi connectivity index (χ2n) is 3.35. The Kier molecular flexibility index (Phi) is 2.39. The highest BCUT2D eigenvalue weighted by Crippen LogP contribution is 2.25. The molecule has 0 radical (unpaired) electrons. The molecule has 4 N–H and O–H groups in total. The van der Waals surface area contributed by atoms with Gasteiger partial charge in [-0.25, -0.2) is 4.98 Å². The van der Waals surface area contributed by atoms with Gasteiger partial charge in [-0.3, -0.25) is 9.69 Å². The van der Waals surface area contributed by atoms with E-state index in [1.54, 1.807) is 0 Å². The first-order valence-corrected chi connectivity index (χ1v) is 5.21. The Balaban J connectivity index is 2.09. The van der Waals surface area contributed by atoms with Crippen molar-refractivity contribution >= 4 is 22.4 Å².